The van der Waals surface area contributed by atoms with Crippen LogP contribution in [0.15, 0.2) is 36.4 Å². The Morgan fingerprint density at radius 1 is 1.05 bits per heavy atom. The fraction of sp³-hybridized carbons (Fsp3) is 0.143. The third kappa shape index (κ3) is 2.81. The van der Waals surface area contributed by atoms with Gasteiger partial charge in [-0.3, -0.25) is 0 Å². The van der Waals surface area contributed by atoms with Gasteiger partial charge in [0.05, 0.1) is 0 Å². The van der Waals surface area contributed by atoms with Crippen molar-refractivity contribution in [1.82, 2.24) is 24.7 Å². The van der Waals surface area contributed by atoms with Crippen LogP contribution in [0.5, 0.6) is 0 Å². The van der Waals surface area contributed by atoms with Gasteiger partial charge in [0.25, 0.3) is 0 Å². The number of anilines is 3. The molecule has 3 rings (SSSR count). The monoisotopic (exact) mass is 281 g/mol. The normalized spacial score (nSPS) is 10.6. The lowest BCUT2D eigenvalue weighted by Gasteiger charge is -2.03. The van der Waals surface area contributed by atoms with Crippen molar-refractivity contribution in [3.63, 3.8) is 0 Å². The van der Waals surface area contributed by atoms with E-state index in [0.29, 0.717) is 17.6 Å². The summed E-state index contributed by atoms with van der Waals surface area (Å²) >= 11 is 0. The summed E-state index contributed by atoms with van der Waals surface area (Å²) in [6.45, 7) is 3.72. The summed E-state index contributed by atoms with van der Waals surface area (Å²) in [6, 6.07) is 11.5. The molecule has 0 aliphatic rings. The van der Waals surface area contributed by atoms with Gasteiger partial charge in [0.15, 0.2) is 5.82 Å². The highest BCUT2D eigenvalue weighted by molar-refractivity contribution is 5.54. The van der Waals surface area contributed by atoms with Crippen LogP contribution >= 0.6 is 0 Å². The molecule has 21 heavy (non-hydrogen) atoms. The molecule has 0 aliphatic heterocycles. The van der Waals surface area contributed by atoms with E-state index in [1.165, 1.54) is 4.68 Å². The zero-order valence-electron chi connectivity index (χ0n) is 11.8. The summed E-state index contributed by atoms with van der Waals surface area (Å²) in [5.41, 5.74) is 7.66. The second-order valence-electron chi connectivity index (χ2n) is 4.61. The summed E-state index contributed by atoms with van der Waals surface area (Å²) in [6.07, 6.45) is 0. The van der Waals surface area contributed by atoms with Crippen molar-refractivity contribution in [2.45, 2.75) is 13.8 Å². The molecule has 0 fully saturated rings. The van der Waals surface area contributed by atoms with Crippen molar-refractivity contribution < 1.29 is 0 Å². The van der Waals surface area contributed by atoms with Crippen molar-refractivity contribution in [1.29, 1.82) is 0 Å². The van der Waals surface area contributed by atoms with Gasteiger partial charge in [-0.2, -0.15) is 9.67 Å². The third-order valence-electron chi connectivity index (χ3n) is 2.83. The fourth-order valence-electron chi connectivity index (χ4n) is 2.00. The van der Waals surface area contributed by atoms with Gasteiger partial charge in [-0.25, -0.2) is 9.97 Å². The number of rotatable bonds is 3. The molecule has 0 atom stereocenters. The van der Waals surface area contributed by atoms with Crippen LogP contribution in [0.4, 0.5) is 17.6 Å². The van der Waals surface area contributed by atoms with E-state index in [2.05, 4.69) is 25.4 Å². The van der Waals surface area contributed by atoms with E-state index in [1.807, 2.05) is 50.2 Å². The molecule has 0 spiro atoms. The van der Waals surface area contributed by atoms with Crippen molar-refractivity contribution in [3.8, 4) is 5.82 Å². The zero-order valence-corrected chi connectivity index (χ0v) is 11.8. The molecule has 0 amide bonds. The molecule has 0 aliphatic carbocycles. The predicted molar refractivity (Wildman–Crippen MR) is 80.6 cm³/mol. The minimum atomic E-state index is 0.269. The Balaban J connectivity index is 1.94. The molecular weight excluding hydrogens is 266 g/mol. The third-order valence-corrected chi connectivity index (χ3v) is 2.83. The van der Waals surface area contributed by atoms with Crippen LogP contribution in [0.25, 0.3) is 5.82 Å². The average Bonchev–Trinajstić information content (AvgIpc) is 2.79. The Morgan fingerprint density at radius 2 is 1.81 bits per heavy atom. The molecule has 7 heteroatoms. The van der Waals surface area contributed by atoms with E-state index in [0.717, 1.165) is 11.4 Å². The molecule has 2 heterocycles. The molecular formula is C14H15N7. The van der Waals surface area contributed by atoms with Gasteiger partial charge < -0.3 is 11.1 Å². The van der Waals surface area contributed by atoms with Crippen molar-refractivity contribution in [3.05, 3.63) is 47.9 Å². The fourth-order valence-corrected chi connectivity index (χ4v) is 2.00. The quantitative estimate of drug-likeness (QED) is 0.762. The molecule has 7 nitrogen and oxygen atoms in total. The number of aromatic nitrogens is 5. The number of aryl methyl sites for hydroxylation is 2. The van der Waals surface area contributed by atoms with Crippen LogP contribution in [0.2, 0.25) is 0 Å². The molecule has 0 saturated heterocycles. The largest absolute Gasteiger partial charge is 0.368 e. The maximum atomic E-state index is 5.92. The number of nitrogens with zero attached hydrogens (tertiary/aromatic N) is 5. The first-order valence-corrected chi connectivity index (χ1v) is 6.49. The van der Waals surface area contributed by atoms with Crippen LogP contribution < -0.4 is 11.1 Å². The Bertz CT molecular complexity index is 744. The van der Waals surface area contributed by atoms with Gasteiger partial charge in [0, 0.05) is 17.4 Å². The lowest BCUT2D eigenvalue weighted by Crippen LogP contribution is -2.07. The van der Waals surface area contributed by atoms with Crippen molar-refractivity contribution in [2.24, 2.45) is 0 Å². The van der Waals surface area contributed by atoms with Crippen LogP contribution in [-0.4, -0.2) is 24.7 Å². The molecule has 0 saturated carbocycles. The Kier molecular flexibility index (Phi) is 3.23. The maximum Gasteiger partial charge on any atom is 0.248 e. The minimum absolute atomic E-state index is 0.269. The van der Waals surface area contributed by atoms with E-state index in [9.17, 15) is 0 Å². The molecule has 3 N–H and O–H groups in total. The number of para-hydroxylation sites is 1. The summed E-state index contributed by atoms with van der Waals surface area (Å²) < 4.78 is 1.49. The highest BCUT2D eigenvalue weighted by Crippen LogP contribution is 2.16. The van der Waals surface area contributed by atoms with Crippen LogP contribution in [0.3, 0.4) is 0 Å². The number of hydrogen-bond donors (Lipinski definition) is 2. The molecule has 0 unspecified atom stereocenters. The van der Waals surface area contributed by atoms with E-state index < -0.39 is 0 Å². The SMILES string of the molecule is Cc1cc(-n2nc(Nc3ccccc3)nc2N)nc(C)n1. The van der Waals surface area contributed by atoms with Gasteiger partial charge in [0.2, 0.25) is 11.9 Å². The summed E-state index contributed by atoms with van der Waals surface area (Å²) in [5.74, 6) is 1.96. The maximum absolute atomic E-state index is 5.92. The van der Waals surface area contributed by atoms with Gasteiger partial charge in [-0.05, 0) is 26.0 Å². The molecule has 106 valence electrons. The molecule has 3 aromatic rings. The topological polar surface area (TPSA) is 94.5 Å². The Hall–Kier alpha value is -2.96. The second kappa shape index (κ2) is 5.20. The Morgan fingerprint density at radius 3 is 2.52 bits per heavy atom. The highest BCUT2D eigenvalue weighted by Gasteiger charge is 2.11. The number of hydrogen-bond acceptors (Lipinski definition) is 6. The zero-order chi connectivity index (χ0) is 14.8. The van der Waals surface area contributed by atoms with Crippen LogP contribution in [0.1, 0.15) is 11.5 Å². The first-order valence-electron chi connectivity index (χ1n) is 6.49. The lowest BCUT2D eigenvalue weighted by atomic mass is 10.3. The van der Waals surface area contributed by atoms with Gasteiger partial charge in [-0.1, -0.05) is 18.2 Å². The van der Waals surface area contributed by atoms with Crippen LogP contribution in [-0.2, 0) is 0 Å². The van der Waals surface area contributed by atoms with E-state index in [4.69, 9.17) is 5.73 Å². The first-order chi connectivity index (χ1) is 10.1. The number of nitrogens with two attached hydrogens (primary N) is 1. The second-order valence-corrected chi connectivity index (χ2v) is 4.61. The molecule has 2 aromatic heterocycles. The highest BCUT2D eigenvalue weighted by atomic mass is 15.4. The summed E-state index contributed by atoms with van der Waals surface area (Å²) in [7, 11) is 0. The van der Waals surface area contributed by atoms with Crippen LogP contribution in [0, 0.1) is 13.8 Å². The van der Waals surface area contributed by atoms with Gasteiger partial charge >= 0.3 is 0 Å². The minimum Gasteiger partial charge on any atom is -0.368 e. The average molecular weight is 281 g/mol. The lowest BCUT2D eigenvalue weighted by molar-refractivity contribution is 0.832. The smallest absolute Gasteiger partial charge is 0.248 e. The van der Waals surface area contributed by atoms with Gasteiger partial charge in [0.1, 0.15) is 5.82 Å². The molecule has 0 radical (unpaired) electrons. The van der Waals surface area contributed by atoms with Crippen molar-refractivity contribution >= 4 is 17.6 Å². The van der Waals surface area contributed by atoms with E-state index in [1.54, 1.807) is 0 Å². The first kappa shape index (κ1) is 13.0. The number of nitrogens with one attached hydrogen (secondary N) is 1. The molecule has 0 bridgehead atoms. The number of benzene rings is 1. The summed E-state index contributed by atoms with van der Waals surface area (Å²) in [5, 5.41) is 7.43. The number of nitrogen functional groups attached to an aromatic ring is 1. The predicted octanol–water partition coefficient (Wildman–Crippen LogP) is 2.00. The standard InChI is InChI=1S/C14H15N7/c1-9-8-12(17-10(2)16-9)21-13(15)19-14(20-21)18-11-6-4-3-5-7-11/h3-8H,1-2H3,(H3,15,18,19,20). The summed E-state index contributed by atoms with van der Waals surface area (Å²) in [4.78, 5) is 12.8. The Labute approximate surface area is 121 Å². The van der Waals surface area contributed by atoms with Crippen molar-refractivity contribution in [2.75, 3.05) is 11.1 Å². The van der Waals surface area contributed by atoms with E-state index in [-0.39, 0.29) is 5.95 Å². The van der Waals surface area contributed by atoms with E-state index >= 15 is 0 Å². The molecule has 1 aromatic carbocycles. The van der Waals surface area contributed by atoms with Gasteiger partial charge in [-0.15, -0.1) is 5.10 Å².